The second-order valence-electron chi connectivity index (χ2n) is 14.1. The molecular weight excluding hydrogens is 593 g/mol. The van der Waals surface area contributed by atoms with E-state index in [1.54, 1.807) is 0 Å². The van der Waals surface area contributed by atoms with Crippen LogP contribution in [0.2, 0.25) is 0 Å². The Morgan fingerprint density at radius 3 is 1.37 bits per heavy atom. The first-order valence-electron chi connectivity index (χ1n) is 17.2. The Labute approximate surface area is 290 Å². The third-order valence-electron chi connectivity index (χ3n) is 10.5. The normalized spacial score (nSPS) is 12.9. The van der Waals surface area contributed by atoms with Gasteiger partial charge in [-0.15, -0.1) is 0 Å². The van der Waals surface area contributed by atoms with Gasteiger partial charge in [-0.3, -0.25) is 0 Å². The van der Waals surface area contributed by atoms with Gasteiger partial charge in [-0.2, -0.15) is 0 Å². The van der Waals surface area contributed by atoms with Crippen LogP contribution in [-0.4, -0.2) is 9.97 Å². The molecule has 0 bridgehead atoms. The van der Waals surface area contributed by atoms with Crippen LogP contribution in [0.4, 0.5) is 0 Å². The second-order valence-corrected chi connectivity index (χ2v) is 14.1. The van der Waals surface area contributed by atoms with Crippen molar-refractivity contribution in [3.05, 3.63) is 167 Å². The first kappa shape index (κ1) is 30.7. The van der Waals surface area contributed by atoms with E-state index in [4.69, 9.17) is 9.97 Å². The lowest BCUT2D eigenvalue weighted by Crippen LogP contribution is -2.14. The lowest BCUT2D eigenvalue weighted by atomic mass is 9.82. The zero-order valence-electron chi connectivity index (χ0n) is 29.1. The Hall–Kier alpha value is -5.60. The van der Waals surface area contributed by atoms with Crippen LogP contribution in [0.25, 0.3) is 67.3 Å². The summed E-state index contributed by atoms with van der Waals surface area (Å²) in [5, 5.41) is 0. The maximum atomic E-state index is 5.27. The van der Waals surface area contributed by atoms with Crippen molar-refractivity contribution in [2.75, 3.05) is 0 Å². The predicted molar refractivity (Wildman–Crippen MR) is 206 cm³/mol. The molecule has 0 spiro atoms. The number of nitrogens with zero attached hydrogens (tertiary/aromatic N) is 2. The summed E-state index contributed by atoms with van der Waals surface area (Å²) in [6, 6.07) is 48.3. The van der Waals surface area contributed by atoms with E-state index in [9.17, 15) is 0 Å². The number of fused-ring (bicyclic) bond motifs is 3. The topological polar surface area (TPSA) is 25.8 Å². The average Bonchev–Trinajstić information content (AvgIpc) is 3.34. The Bertz CT molecular complexity index is 2300. The van der Waals surface area contributed by atoms with E-state index >= 15 is 0 Å². The maximum absolute atomic E-state index is 5.27. The lowest BCUT2D eigenvalue weighted by Gasteiger charge is -2.22. The van der Waals surface area contributed by atoms with E-state index < -0.39 is 0 Å². The number of rotatable bonds is 5. The molecule has 1 aliphatic carbocycles. The van der Waals surface area contributed by atoms with Crippen LogP contribution in [0.3, 0.4) is 0 Å². The van der Waals surface area contributed by atoms with Gasteiger partial charge in [-0.25, -0.2) is 9.97 Å². The van der Waals surface area contributed by atoms with E-state index in [0.717, 1.165) is 33.9 Å². The Kier molecular flexibility index (Phi) is 7.41. The smallest absolute Gasteiger partial charge is 0.160 e. The molecule has 8 rings (SSSR count). The molecule has 1 aromatic heterocycles. The number of hydrogen-bond donors (Lipinski definition) is 0. The molecule has 238 valence electrons. The van der Waals surface area contributed by atoms with Crippen molar-refractivity contribution in [3.63, 3.8) is 0 Å². The van der Waals surface area contributed by atoms with Gasteiger partial charge in [0.15, 0.2) is 5.82 Å². The molecule has 0 radical (unpaired) electrons. The SMILES string of the molecule is Cc1ccccc1-c1ccc(-c2cc(-c3ccc4c(c3)C(C)(C)c3ccccc3-4)nc(-c3ccc(-c4ccccc4C)c(C)c3)n2)cc1C. The third-order valence-corrected chi connectivity index (χ3v) is 10.5. The number of aromatic nitrogens is 2. The highest BCUT2D eigenvalue weighted by atomic mass is 14.9. The summed E-state index contributed by atoms with van der Waals surface area (Å²) in [4.78, 5) is 10.5. The fourth-order valence-electron chi connectivity index (χ4n) is 7.72. The highest BCUT2D eigenvalue weighted by molar-refractivity contribution is 5.84. The van der Waals surface area contributed by atoms with Gasteiger partial charge in [0.05, 0.1) is 11.4 Å². The molecule has 0 saturated carbocycles. The number of aryl methyl sites for hydroxylation is 4. The minimum atomic E-state index is -0.0916. The number of benzene rings is 6. The summed E-state index contributed by atoms with van der Waals surface area (Å²) in [6.45, 7) is 13.4. The van der Waals surface area contributed by atoms with Gasteiger partial charge in [0.25, 0.3) is 0 Å². The van der Waals surface area contributed by atoms with Crippen LogP contribution in [-0.2, 0) is 5.41 Å². The van der Waals surface area contributed by atoms with Crippen LogP contribution in [0.1, 0.15) is 47.2 Å². The van der Waals surface area contributed by atoms with Crippen LogP contribution >= 0.6 is 0 Å². The molecule has 2 heteroatoms. The van der Waals surface area contributed by atoms with Crippen molar-refractivity contribution in [1.29, 1.82) is 0 Å². The summed E-state index contributed by atoms with van der Waals surface area (Å²) in [7, 11) is 0. The Balaban J connectivity index is 1.28. The van der Waals surface area contributed by atoms with Gasteiger partial charge in [-0.1, -0.05) is 123 Å². The Morgan fingerprint density at radius 1 is 0.367 bits per heavy atom. The highest BCUT2D eigenvalue weighted by Crippen LogP contribution is 2.49. The first-order chi connectivity index (χ1) is 23.7. The monoisotopic (exact) mass is 632 g/mol. The summed E-state index contributed by atoms with van der Waals surface area (Å²) in [5.74, 6) is 0.732. The molecule has 0 saturated heterocycles. The third kappa shape index (κ3) is 5.29. The van der Waals surface area contributed by atoms with Crippen molar-refractivity contribution in [2.45, 2.75) is 47.0 Å². The zero-order valence-corrected chi connectivity index (χ0v) is 29.1. The molecule has 0 aliphatic heterocycles. The standard InChI is InChI=1S/C47H40N2/c1-29-13-7-9-15-36(29)38-22-19-33(25-31(38)3)44-28-45(34-20-24-41-40-17-11-12-18-42(40)47(5,6)43(41)27-34)49-46(48-44)35-21-23-39(32(4)26-35)37-16-10-8-14-30(37)2/h7-28H,1-6H3. The fraction of sp³-hybridized carbons (Fsp3) is 0.149. The molecular formula is C47H40N2. The van der Waals surface area contributed by atoms with Gasteiger partial charge in [0.2, 0.25) is 0 Å². The van der Waals surface area contributed by atoms with E-state index in [0.29, 0.717) is 0 Å². The average molecular weight is 633 g/mol. The molecule has 0 amide bonds. The van der Waals surface area contributed by atoms with Crippen LogP contribution in [0, 0.1) is 27.7 Å². The highest BCUT2D eigenvalue weighted by Gasteiger charge is 2.35. The van der Waals surface area contributed by atoms with Crippen molar-refractivity contribution < 1.29 is 0 Å². The minimum Gasteiger partial charge on any atom is -0.228 e. The van der Waals surface area contributed by atoms with Crippen molar-refractivity contribution in [3.8, 4) is 67.3 Å². The second kappa shape index (κ2) is 11.8. The summed E-state index contributed by atoms with van der Waals surface area (Å²) in [6.07, 6.45) is 0. The van der Waals surface area contributed by atoms with Crippen LogP contribution < -0.4 is 0 Å². The van der Waals surface area contributed by atoms with Gasteiger partial charge in [0.1, 0.15) is 0 Å². The van der Waals surface area contributed by atoms with Gasteiger partial charge in [0, 0.05) is 22.1 Å². The molecule has 2 nitrogen and oxygen atoms in total. The summed E-state index contributed by atoms with van der Waals surface area (Å²) in [5.41, 5.74) is 20.3. The molecule has 0 atom stereocenters. The van der Waals surface area contributed by atoms with Gasteiger partial charge in [-0.05, 0) is 119 Å². The van der Waals surface area contributed by atoms with Gasteiger partial charge >= 0.3 is 0 Å². The molecule has 49 heavy (non-hydrogen) atoms. The largest absolute Gasteiger partial charge is 0.228 e. The molecule has 1 heterocycles. The minimum absolute atomic E-state index is 0.0916. The molecule has 7 aromatic rings. The predicted octanol–water partition coefficient (Wildman–Crippen LogP) is 12.4. The van der Waals surface area contributed by atoms with E-state index in [-0.39, 0.29) is 5.41 Å². The molecule has 0 N–H and O–H groups in total. The zero-order chi connectivity index (χ0) is 33.9. The van der Waals surface area contributed by atoms with Crippen molar-refractivity contribution in [2.24, 2.45) is 0 Å². The first-order valence-corrected chi connectivity index (χ1v) is 17.2. The molecule has 0 unspecified atom stereocenters. The van der Waals surface area contributed by atoms with Crippen LogP contribution in [0.5, 0.6) is 0 Å². The summed E-state index contributed by atoms with van der Waals surface area (Å²) < 4.78 is 0. The Morgan fingerprint density at radius 2 is 0.796 bits per heavy atom. The van der Waals surface area contributed by atoms with Crippen LogP contribution in [0.15, 0.2) is 133 Å². The van der Waals surface area contributed by atoms with E-state index in [1.807, 2.05) is 0 Å². The molecule has 6 aromatic carbocycles. The quantitative estimate of drug-likeness (QED) is 0.189. The fourth-order valence-corrected chi connectivity index (χ4v) is 7.72. The maximum Gasteiger partial charge on any atom is 0.160 e. The number of hydrogen-bond acceptors (Lipinski definition) is 2. The summed E-state index contributed by atoms with van der Waals surface area (Å²) >= 11 is 0. The van der Waals surface area contributed by atoms with Crippen molar-refractivity contribution >= 4 is 0 Å². The van der Waals surface area contributed by atoms with Gasteiger partial charge < -0.3 is 0 Å². The van der Waals surface area contributed by atoms with E-state index in [1.165, 1.54) is 66.8 Å². The molecule has 0 fully saturated rings. The van der Waals surface area contributed by atoms with Crippen molar-refractivity contribution in [1.82, 2.24) is 9.97 Å². The van der Waals surface area contributed by atoms with E-state index in [2.05, 4.69) is 175 Å². The lowest BCUT2D eigenvalue weighted by molar-refractivity contribution is 0.660. The molecule has 1 aliphatic rings.